The van der Waals surface area contributed by atoms with Gasteiger partial charge < -0.3 is 24.8 Å². The zero-order valence-electron chi connectivity index (χ0n) is 20.2. The molecule has 1 aliphatic rings. The third-order valence-corrected chi connectivity index (χ3v) is 6.54. The van der Waals surface area contributed by atoms with Crippen molar-refractivity contribution in [1.29, 1.82) is 0 Å². The molecule has 0 aliphatic carbocycles. The van der Waals surface area contributed by atoms with Gasteiger partial charge in [0.15, 0.2) is 0 Å². The van der Waals surface area contributed by atoms with Gasteiger partial charge in [-0.3, -0.25) is 4.79 Å². The maximum atomic E-state index is 13.5. The first-order valence-electron chi connectivity index (χ1n) is 11.7. The molecule has 1 aromatic carbocycles. The fourth-order valence-corrected chi connectivity index (χ4v) is 4.65. The first-order chi connectivity index (χ1) is 16.3. The minimum atomic E-state index is -0.463. The van der Waals surface area contributed by atoms with Crippen molar-refractivity contribution < 1.29 is 14.3 Å². The van der Waals surface area contributed by atoms with Crippen LogP contribution < -0.4 is 15.0 Å². The predicted molar refractivity (Wildman–Crippen MR) is 132 cm³/mol. The Bertz CT molecular complexity index is 1180. The van der Waals surface area contributed by atoms with Gasteiger partial charge in [0.2, 0.25) is 5.91 Å². The van der Waals surface area contributed by atoms with Gasteiger partial charge in [-0.15, -0.1) is 0 Å². The molecule has 3 heterocycles. The molecular weight excluding hydrogens is 432 g/mol. The number of carbonyl (C=O) groups is 2. The molecule has 0 bridgehead atoms. The highest BCUT2D eigenvalue weighted by atomic mass is 16.6. The largest absolute Gasteiger partial charge is 0.414 e. The number of fused-ring (bicyclic) bond motifs is 1. The fraction of sp³-hybridized carbons (Fsp3) is 0.440. The molecule has 2 amide bonds. The number of hydrogen-bond donors (Lipinski definition) is 2. The Hall–Kier alpha value is -3.62. The van der Waals surface area contributed by atoms with Gasteiger partial charge in [-0.25, -0.2) is 14.8 Å². The number of nitrogens with zero attached hydrogens (tertiary/aromatic N) is 4. The number of H-pyrrole nitrogens is 1. The molecule has 9 heteroatoms. The molecule has 2 aromatic heterocycles. The Morgan fingerprint density at radius 2 is 2.00 bits per heavy atom. The maximum absolute atomic E-state index is 13.5. The molecule has 0 atom stereocenters. The average molecular weight is 465 g/mol. The first kappa shape index (κ1) is 23.5. The van der Waals surface area contributed by atoms with Crippen molar-refractivity contribution in [3.63, 3.8) is 0 Å². The van der Waals surface area contributed by atoms with E-state index in [0.717, 1.165) is 61.2 Å². The molecule has 1 fully saturated rings. The number of nitrogens with one attached hydrogen (secondary N) is 2. The van der Waals surface area contributed by atoms with Crippen molar-refractivity contribution in [2.45, 2.75) is 39.5 Å². The number of piperidine rings is 1. The molecule has 1 saturated heterocycles. The third kappa shape index (κ3) is 4.69. The Morgan fingerprint density at radius 3 is 2.71 bits per heavy atom. The number of benzene rings is 1. The molecule has 0 saturated carbocycles. The Kier molecular flexibility index (Phi) is 6.72. The summed E-state index contributed by atoms with van der Waals surface area (Å²) in [6.07, 6.45) is 6.27. The zero-order valence-corrected chi connectivity index (χ0v) is 20.2. The van der Waals surface area contributed by atoms with Crippen molar-refractivity contribution in [3.8, 4) is 5.75 Å². The molecule has 180 valence electrons. The highest BCUT2D eigenvalue weighted by Crippen LogP contribution is 2.40. The minimum absolute atomic E-state index is 0.00995. The van der Waals surface area contributed by atoms with Crippen LogP contribution in [0.2, 0.25) is 0 Å². The zero-order chi connectivity index (χ0) is 24.3. The predicted octanol–water partition coefficient (Wildman–Crippen LogP) is 4.35. The summed E-state index contributed by atoms with van der Waals surface area (Å²) >= 11 is 0. The van der Waals surface area contributed by atoms with Crippen molar-refractivity contribution in [1.82, 2.24) is 19.9 Å². The summed E-state index contributed by atoms with van der Waals surface area (Å²) in [5.41, 5.74) is 2.11. The lowest BCUT2D eigenvalue weighted by molar-refractivity contribution is -0.127. The van der Waals surface area contributed by atoms with Crippen LogP contribution in [-0.4, -0.2) is 59.0 Å². The smallest absolute Gasteiger partial charge is 0.410 e. The molecule has 1 aliphatic heterocycles. The molecule has 3 aromatic rings. The van der Waals surface area contributed by atoms with Crippen LogP contribution in [0.5, 0.6) is 5.75 Å². The second-order valence-corrected chi connectivity index (χ2v) is 9.15. The topological polar surface area (TPSA) is 103 Å². The van der Waals surface area contributed by atoms with E-state index < -0.39 is 11.5 Å². The standard InChI is InChI=1S/C25H32N6O3/c1-5-9-25(23(32)29-18-7-6-8-19(14-18)34-24(33)30(3)4)10-12-31(13-11-25)22-20-17(2)15-26-21(20)27-16-28-22/h6-8,14-16H,5,9-13H2,1-4H3,(H,29,32)(H,26,27,28). The molecule has 2 N–H and O–H groups in total. The molecular formula is C25H32N6O3. The highest BCUT2D eigenvalue weighted by Gasteiger charge is 2.41. The lowest BCUT2D eigenvalue weighted by Crippen LogP contribution is -2.47. The van der Waals surface area contributed by atoms with E-state index in [-0.39, 0.29) is 5.91 Å². The van der Waals surface area contributed by atoms with Gasteiger partial charge in [0.05, 0.1) is 10.8 Å². The second kappa shape index (κ2) is 9.70. The van der Waals surface area contributed by atoms with Crippen LogP contribution in [0.4, 0.5) is 16.3 Å². The van der Waals surface area contributed by atoms with Crippen molar-refractivity contribution >= 4 is 34.5 Å². The Morgan fingerprint density at radius 1 is 1.24 bits per heavy atom. The molecule has 0 spiro atoms. The number of ether oxygens (including phenoxy) is 1. The normalized spacial score (nSPS) is 15.2. The van der Waals surface area contributed by atoms with E-state index >= 15 is 0 Å². The number of aromatic amines is 1. The van der Waals surface area contributed by atoms with Crippen molar-refractivity contribution in [2.75, 3.05) is 37.4 Å². The van der Waals surface area contributed by atoms with Gasteiger partial charge in [-0.05, 0) is 43.9 Å². The van der Waals surface area contributed by atoms with Crippen LogP contribution >= 0.6 is 0 Å². The number of aryl methyl sites for hydroxylation is 1. The van der Waals surface area contributed by atoms with Crippen LogP contribution in [0.1, 0.15) is 38.2 Å². The van der Waals surface area contributed by atoms with E-state index in [1.165, 1.54) is 4.90 Å². The Labute approximate surface area is 199 Å². The number of amides is 2. The molecule has 4 rings (SSSR count). The summed E-state index contributed by atoms with van der Waals surface area (Å²) in [5.74, 6) is 1.32. The van der Waals surface area contributed by atoms with Crippen molar-refractivity contribution in [3.05, 3.63) is 42.4 Å². The Balaban J connectivity index is 1.48. The third-order valence-electron chi connectivity index (χ3n) is 6.54. The second-order valence-electron chi connectivity index (χ2n) is 9.15. The summed E-state index contributed by atoms with van der Waals surface area (Å²) in [4.78, 5) is 41.1. The molecule has 0 radical (unpaired) electrons. The van der Waals surface area contributed by atoms with Gasteiger partial charge in [0.25, 0.3) is 0 Å². The van der Waals surface area contributed by atoms with E-state index in [2.05, 4.69) is 39.0 Å². The van der Waals surface area contributed by atoms with Gasteiger partial charge in [-0.1, -0.05) is 19.4 Å². The van der Waals surface area contributed by atoms with Gasteiger partial charge in [0, 0.05) is 45.1 Å². The lowest BCUT2D eigenvalue weighted by atomic mass is 9.74. The lowest BCUT2D eigenvalue weighted by Gasteiger charge is -2.41. The van der Waals surface area contributed by atoms with E-state index in [1.807, 2.05) is 12.3 Å². The van der Waals surface area contributed by atoms with Crippen LogP contribution in [0.15, 0.2) is 36.8 Å². The SMILES string of the molecule is CCCC1(C(=O)Nc2cccc(OC(=O)N(C)C)c2)CCN(c2ncnc3[nH]cc(C)c23)CC1. The number of hydrogen-bond acceptors (Lipinski definition) is 6. The monoisotopic (exact) mass is 464 g/mol. The number of carbonyl (C=O) groups excluding carboxylic acids is 2. The molecule has 9 nitrogen and oxygen atoms in total. The van der Waals surface area contributed by atoms with Gasteiger partial charge in [0.1, 0.15) is 23.5 Å². The van der Waals surface area contributed by atoms with E-state index in [1.54, 1.807) is 38.6 Å². The fourth-order valence-electron chi connectivity index (χ4n) is 4.65. The minimum Gasteiger partial charge on any atom is -0.410 e. The van der Waals surface area contributed by atoms with Gasteiger partial charge in [-0.2, -0.15) is 0 Å². The molecule has 34 heavy (non-hydrogen) atoms. The van der Waals surface area contributed by atoms with E-state index in [0.29, 0.717) is 11.4 Å². The van der Waals surface area contributed by atoms with Crippen LogP contribution in [0.25, 0.3) is 11.0 Å². The van der Waals surface area contributed by atoms with Gasteiger partial charge >= 0.3 is 6.09 Å². The van der Waals surface area contributed by atoms with Crippen LogP contribution in [0, 0.1) is 12.3 Å². The quantitative estimate of drug-likeness (QED) is 0.562. The summed E-state index contributed by atoms with van der Waals surface area (Å²) in [7, 11) is 3.25. The summed E-state index contributed by atoms with van der Waals surface area (Å²) in [5, 5.41) is 4.12. The summed E-state index contributed by atoms with van der Waals surface area (Å²) in [6, 6.07) is 6.96. The summed E-state index contributed by atoms with van der Waals surface area (Å²) in [6.45, 7) is 5.64. The number of rotatable bonds is 6. The average Bonchev–Trinajstić information content (AvgIpc) is 3.21. The number of aromatic nitrogens is 3. The number of anilines is 2. The van der Waals surface area contributed by atoms with Crippen LogP contribution in [-0.2, 0) is 4.79 Å². The summed E-state index contributed by atoms with van der Waals surface area (Å²) < 4.78 is 5.33. The maximum Gasteiger partial charge on any atom is 0.414 e. The first-order valence-corrected chi connectivity index (χ1v) is 11.7. The van der Waals surface area contributed by atoms with E-state index in [4.69, 9.17) is 4.74 Å². The van der Waals surface area contributed by atoms with Crippen LogP contribution in [0.3, 0.4) is 0 Å². The molecule has 0 unspecified atom stereocenters. The van der Waals surface area contributed by atoms with Crippen molar-refractivity contribution in [2.24, 2.45) is 5.41 Å². The van der Waals surface area contributed by atoms with E-state index in [9.17, 15) is 9.59 Å². The highest BCUT2D eigenvalue weighted by molar-refractivity contribution is 5.96.